The second-order valence-electron chi connectivity index (χ2n) is 4.87. The van der Waals surface area contributed by atoms with Crippen LogP contribution in [0.5, 0.6) is 0 Å². The first kappa shape index (κ1) is 11.2. The van der Waals surface area contributed by atoms with Gasteiger partial charge in [0, 0.05) is 16.3 Å². The van der Waals surface area contributed by atoms with E-state index in [-0.39, 0.29) is 6.10 Å². The topological polar surface area (TPSA) is 12.5 Å². The van der Waals surface area contributed by atoms with Crippen LogP contribution in [0.3, 0.4) is 0 Å². The van der Waals surface area contributed by atoms with Crippen LogP contribution in [-0.4, -0.2) is 17.7 Å². The van der Waals surface area contributed by atoms with E-state index in [0.29, 0.717) is 12.3 Å². The third-order valence-corrected chi connectivity index (χ3v) is 5.72. The second kappa shape index (κ2) is 4.46. The molecule has 0 saturated carbocycles. The Kier molecular flexibility index (Phi) is 2.77. The van der Waals surface area contributed by atoms with Crippen molar-refractivity contribution in [3.63, 3.8) is 0 Å². The highest BCUT2D eigenvalue weighted by molar-refractivity contribution is 7.10. The van der Waals surface area contributed by atoms with E-state index < -0.39 is 0 Å². The fourth-order valence-electron chi connectivity index (χ4n) is 3.09. The lowest BCUT2D eigenvalue weighted by Crippen LogP contribution is -2.26. The Bertz CT molecular complexity index is 508. The maximum atomic E-state index is 6.31. The summed E-state index contributed by atoms with van der Waals surface area (Å²) in [5, 5.41) is 4.32. The molecule has 0 bridgehead atoms. The Hall–Kier alpha value is -0.680. The number of rotatable bonds is 2. The van der Waals surface area contributed by atoms with Crippen LogP contribution in [-0.2, 0) is 4.74 Å². The largest absolute Gasteiger partial charge is 0.352 e. The molecule has 2 fully saturated rings. The van der Waals surface area contributed by atoms with Crippen LogP contribution < -0.4 is 0 Å². The maximum Gasteiger partial charge on any atom is 0.114 e. The van der Waals surface area contributed by atoms with Crippen LogP contribution in [0.4, 0.5) is 0 Å². The van der Waals surface area contributed by atoms with E-state index in [2.05, 4.69) is 39.9 Å². The van der Waals surface area contributed by atoms with Crippen molar-refractivity contribution in [2.75, 3.05) is 6.54 Å². The van der Waals surface area contributed by atoms with E-state index in [0.717, 1.165) is 0 Å². The molecule has 2 saturated heterocycles. The van der Waals surface area contributed by atoms with E-state index in [1.165, 1.54) is 29.1 Å². The van der Waals surface area contributed by atoms with Gasteiger partial charge in [0.1, 0.15) is 12.3 Å². The lowest BCUT2D eigenvalue weighted by molar-refractivity contribution is 0.0188. The van der Waals surface area contributed by atoms with Gasteiger partial charge in [0.05, 0.1) is 6.04 Å². The lowest BCUT2D eigenvalue weighted by atomic mass is 10.1. The van der Waals surface area contributed by atoms with Crippen molar-refractivity contribution in [3.05, 3.63) is 44.8 Å². The van der Waals surface area contributed by atoms with Crippen LogP contribution in [0.1, 0.15) is 34.7 Å². The van der Waals surface area contributed by atoms with E-state index in [1.54, 1.807) is 0 Å². The van der Waals surface area contributed by atoms with Gasteiger partial charge in [-0.2, -0.15) is 0 Å². The Morgan fingerprint density at radius 2 is 1.89 bits per heavy atom. The van der Waals surface area contributed by atoms with Crippen molar-refractivity contribution < 1.29 is 4.74 Å². The molecular weight excluding hydrogens is 262 g/mol. The fraction of sp³-hybridized carbons (Fsp3) is 0.429. The summed E-state index contributed by atoms with van der Waals surface area (Å²) < 4.78 is 6.31. The molecule has 0 radical (unpaired) electrons. The molecule has 2 aliphatic heterocycles. The van der Waals surface area contributed by atoms with Gasteiger partial charge in [0.25, 0.3) is 0 Å². The molecule has 2 aliphatic rings. The van der Waals surface area contributed by atoms with Crippen LogP contribution in [0.25, 0.3) is 0 Å². The average molecular weight is 277 g/mol. The van der Waals surface area contributed by atoms with E-state index in [4.69, 9.17) is 4.74 Å². The zero-order chi connectivity index (χ0) is 11.9. The molecule has 0 N–H and O–H groups in total. The van der Waals surface area contributed by atoms with Crippen molar-refractivity contribution >= 4 is 22.7 Å². The standard InChI is InChI=1S/C14H15NOS2/c1-6-12-15(7-1)13(10-4-2-8-17-10)14(16-12)11-5-3-9-18-11/h2-5,8-9,12-14H,1,6-7H2/t12-,13+,14+/m0/s1. The zero-order valence-electron chi connectivity index (χ0n) is 9.99. The molecule has 18 heavy (non-hydrogen) atoms. The summed E-state index contributed by atoms with van der Waals surface area (Å²) in [6.45, 7) is 1.18. The Morgan fingerprint density at radius 3 is 2.61 bits per heavy atom. The minimum absolute atomic E-state index is 0.231. The molecule has 0 aliphatic carbocycles. The third-order valence-electron chi connectivity index (χ3n) is 3.84. The number of hydrogen-bond acceptors (Lipinski definition) is 4. The molecule has 94 valence electrons. The number of hydrogen-bond donors (Lipinski definition) is 0. The SMILES string of the molecule is c1csc([C@H]2O[C@H]3CCCN3[C@@H]2c2cccs2)c1. The number of nitrogens with zero attached hydrogens (tertiary/aromatic N) is 1. The summed E-state index contributed by atoms with van der Waals surface area (Å²) in [5.41, 5.74) is 0. The van der Waals surface area contributed by atoms with Gasteiger partial charge in [-0.25, -0.2) is 0 Å². The van der Waals surface area contributed by atoms with Crippen molar-refractivity contribution in [2.24, 2.45) is 0 Å². The predicted octanol–water partition coefficient (Wildman–Crippen LogP) is 4.04. The minimum atomic E-state index is 0.231. The van der Waals surface area contributed by atoms with Crippen molar-refractivity contribution in [1.29, 1.82) is 0 Å². The number of ether oxygens (including phenoxy) is 1. The molecule has 2 aromatic heterocycles. The highest BCUT2D eigenvalue weighted by Gasteiger charge is 2.46. The van der Waals surface area contributed by atoms with Crippen molar-refractivity contribution in [3.8, 4) is 0 Å². The van der Waals surface area contributed by atoms with Crippen LogP contribution in [0.2, 0.25) is 0 Å². The van der Waals surface area contributed by atoms with Crippen LogP contribution in [0.15, 0.2) is 35.0 Å². The van der Waals surface area contributed by atoms with Crippen molar-refractivity contribution in [2.45, 2.75) is 31.2 Å². The first-order valence-electron chi connectivity index (χ1n) is 6.41. The van der Waals surface area contributed by atoms with Gasteiger partial charge in [0.15, 0.2) is 0 Å². The molecule has 0 spiro atoms. The second-order valence-corrected chi connectivity index (χ2v) is 6.83. The minimum Gasteiger partial charge on any atom is -0.352 e. The molecule has 4 heteroatoms. The molecule has 2 nitrogen and oxygen atoms in total. The summed E-state index contributed by atoms with van der Waals surface area (Å²) in [4.78, 5) is 5.36. The predicted molar refractivity (Wildman–Crippen MR) is 74.9 cm³/mol. The summed E-state index contributed by atoms with van der Waals surface area (Å²) in [6.07, 6.45) is 3.02. The highest BCUT2D eigenvalue weighted by Crippen LogP contribution is 2.50. The zero-order valence-corrected chi connectivity index (χ0v) is 11.6. The molecule has 4 heterocycles. The summed E-state index contributed by atoms with van der Waals surface area (Å²) in [6, 6.07) is 9.15. The van der Waals surface area contributed by atoms with Crippen LogP contribution in [0, 0.1) is 0 Å². The van der Waals surface area contributed by atoms with Gasteiger partial charge in [-0.15, -0.1) is 22.7 Å². The van der Waals surface area contributed by atoms with Gasteiger partial charge < -0.3 is 4.74 Å². The maximum absolute atomic E-state index is 6.31. The molecule has 0 unspecified atom stereocenters. The first-order valence-corrected chi connectivity index (χ1v) is 8.17. The van der Waals surface area contributed by atoms with E-state index in [9.17, 15) is 0 Å². The summed E-state index contributed by atoms with van der Waals surface area (Å²) in [5.74, 6) is 0. The third kappa shape index (κ3) is 1.67. The molecule has 2 aromatic rings. The van der Waals surface area contributed by atoms with Gasteiger partial charge in [-0.05, 0) is 35.7 Å². The molecule has 0 amide bonds. The molecule has 3 atom stereocenters. The number of thiophene rings is 2. The fourth-order valence-corrected chi connectivity index (χ4v) is 4.75. The van der Waals surface area contributed by atoms with Gasteiger partial charge in [0.2, 0.25) is 0 Å². The summed E-state index contributed by atoms with van der Waals surface area (Å²) >= 11 is 3.67. The van der Waals surface area contributed by atoms with E-state index >= 15 is 0 Å². The van der Waals surface area contributed by atoms with Gasteiger partial charge in [-0.1, -0.05) is 12.1 Å². The smallest absolute Gasteiger partial charge is 0.114 e. The normalized spacial score (nSPS) is 31.9. The Morgan fingerprint density at radius 1 is 1.11 bits per heavy atom. The first-order chi connectivity index (χ1) is 8.93. The molecule has 0 aromatic carbocycles. The highest BCUT2D eigenvalue weighted by atomic mass is 32.1. The summed E-state index contributed by atoms with van der Waals surface area (Å²) in [7, 11) is 0. The van der Waals surface area contributed by atoms with Crippen molar-refractivity contribution in [1.82, 2.24) is 4.90 Å². The number of fused-ring (bicyclic) bond motifs is 1. The Labute approximate surface area is 115 Å². The Balaban J connectivity index is 1.74. The lowest BCUT2D eigenvalue weighted by Gasteiger charge is -2.23. The van der Waals surface area contributed by atoms with E-state index in [1.807, 2.05) is 22.7 Å². The van der Waals surface area contributed by atoms with Crippen LogP contribution >= 0.6 is 22.7 Å². The monoisotopic (exact) mass is 277 g/mol. The average Bonchev–Trinajstić information content (AvgIpc) is 3.13. The van der Waals surface area contributed by atoms with Gasteiger partial charge in [-0.3, -0.25) is 4.90 Å². The molecular formula is C14H15NOS2. The quantitative estimate of drug-likeness (QED) is 0.821. The molecule has 4 rings (SSSR count). The van der Waals surface area contributed by atoms with Gasteiger partial charge >= 0.3 is 0 Å².